The summed E-state index contributed by atoms with van der Waals surface area (Å²) in [4.78, 5) is 20.7. The molecule has 0 spiro atoms. The Hall–Kier alpha value is -2.40. The van der Waals surface area contributed by atoms with Crippen LogP contribution in [0.15, 0.2) is 42.7 Å². The van der Waals surface area contributed by atoms with Gasteiger partial charge in [0.1, 0.15) is 0 Å². The number of hydrogen-bond acceptors (Lipinski definition) is 4. The molecule has 0 fully saturated rings. The van der Waals surface area contributed by atoms with Crippen molar-refractivity contribution in [2.45, 2.75) is 27.2 Å². The van der Waals surface area contributed by atoms with E-state index in [0.29, 0.717) is 6.54 Å². The van der Waals surface area contributed by atoms with Crippen LogP contribution in [0.4, 0.5) is 11.4 Å². The van der Waals surface area contributed by atoms with Crippen molar-refractivity contribution >= 4 is 17.3 Å². The standard InChI is InChI=1S/C21H30N4O/c1-5-25(6-2)19-7-8-20(17(3)15-19)23-21(26)16-24(4)14-11-18-9-12-22-13-10-18/h7-10,12-13,15H,5-6,11,14,16H2,1-4H3,(H,23,26). The third-order valence-corrected chi connectivity index (χ3v) is 4.56. The highest BCUT2D eigenvalue weighted by Gasteiger charge is 2.10. The van der Waals surface area contributed by atoms with Crippen molar-refractivity contribution < 1.29 is 4.79 Å². The number of aryl methyl sites for hydroxylation is 1. The second-order valence-electron chi connectivity index (χ2n) is 6.56. The van der Waals surface area contributed by atoms with Crippen LogP contribution in [0.5, 0.6) is 0 Å². The summed E-state index contributed by atoms with van der Waals surface area (Å²) in [5.41, 5.74) is 4.39. The van der Waals surface area contributed by atoms with E-state index in [0.717, 1.165) is 37.3 Å². The summed E-state index contributed by atoms with van der Waals surface area (Å²) in [6.07, 6.45) is 4.50. The van der Waals surface area contributed by atoms with Crippen molar-refractivity contribution in [3.05, 3.63) is 53.9 Å². The molecule has 1 aromatic heterocycles. The van der Waals surface area contributed by atoms with Gasteiger partial charge in [0.05, 0.1) is 6.54 Å². The molecule has 0 atom stereocenters. The van der Waals surface area contributed by atoms with Crippen molar-refractivity contribution in [2.24, 2.45) is 0 Å². The van der Waals surface area contributed by atoms with E-state index in [1.165, 1.54) is 11.3 Å². The van der Waals surface area contributed by atoms with E-state index in [-0.39, 0.29) is 5.91 Å². The van der Waals surface area contributed by atoms with Crippen LogP contribution < -0.4 is 10.2 Å². The van der Waals surface area contributed by atoms with Crippen molar-refractivity contribution in [1.29, 1.82) is 0 Å². The Kier molecular flexibility index (Phi) is 7.60. The van der Waals surface area contributed by atoms with E-state index in [4.69, 9.17) is 0 Å². The highest BCUT2D eigenvalue weighted by molar-refractivity contribution is 5.93. The summed E-state index contributed by atoms with van der Waals surface area (Å²) in [7, 11) is 1.97. The zero-order valence-corrected chi connectivity index (χ0v) is 16.3. The molecule has 0 aliphatic rings. The van der Waals surface area contributed by atoms with Gasteiger partial charge < -0.3 is 10.2 Å². The zero-order valence-electron chi connectivity index (χ0n) is 16.3. The Morgan fingerprint density at radius 2 is 1.81 bits per heavy atom. The third-order valence-electron chi connectivity index (χ3n) is 4.56. The molecule has 5 nitrogen and oxygen atoms in total. The predicted octanol–water partition coefficient (Wildman–Crippen LogP) is 3.35. The average molecular weight is 354 g/mol. The van der Waals surface area contributed by atoms with Crippen LogP contribution in [0.3, 0.4) is 0 Å². The molecule has 0 bridgehead atoms. The Bertz CT molecular complexity index is 698. The fourth-order valence-corrected chi connectivity index (χ4v) is 2.96. The minimum Gasteiger partial charge on any atom is -0.372 e. The van der Waals surface area contributed by atoms with Crippen LogP contribution in [0.2, 0.25) is 0 Å². The van der Waals surface area contributed by atoms with Crippen LogP contribution in [0, 0.1) is 6.92 Å². The van der Waals surface area contributed by atoms with Gasteiger partial charge in [0, 0.05) is 43.4 Å². The van der Waals surface area contributed by atoms with Crippen molar-refractivity contribution in [3.63, 3.8) is 0 Å². The van der Waals surface area contributed by atoms with Gasteiger partial charge in [-0.15, -0.1) is 0 Å². The number of hydrogen-bond donors (Lipinski definition) is 1. The number of nitrogens with zero attached hydrogens (tertiary/aromatic N) is 3. The number of amides is 1. The van der Waals surface area contributed by atoms with Gasteiger partial charge in [-0.3, -0.25) is 14.7 Å². The molecule has 0 aliphatic carbocycles. The first-order chi connectivity index (χ1) is 12.5. The van der Waals surface area contributed by atoms with E-state index in [2.05, 4.69) is 41.2 Å². The van der Waals surface area contributed by atoms with Gasteiger partial charge in [0.15, 0.2) is 0 Å². The molecule has 0 saturated heterocycles. The van der Waals surface area contributed by atoms with E-state index in [9.17, 15) is 4.79 Å². The van der Waals surface area contributed by atoms with E-state index in [1.54, 1.807) is 12.4 Å². The molecule has 140 valence electrons. The first-order valence-electron chi connectivity index (χ1n) is 9.26. The minimum atomic E-state index is 0.0147. The summed E-state index contributed by atoms with van der Waals surface area (Å²) in [6.45, 7) is 9.50. The lowest BCUT2D eigenvalue weighted by molar-refractivity contribution is -0.117. The second kappa shape index (κ2) is 9.92. The quantitative estimate of drug-likeness (QED) is 0.750. The van der Waals surface area contributed by atoms with E-state index < -0.39 is 0 Å². The van der Waals surface area contributed by atoms with Gasteiger partial charge in [0.25, 0.3) is 0 Å². The minimum absolute atomic E-state index is 0.0147. The Morgan fingerprint density at radius 3 is 2.42 bits per heavy atom. The van der Waals surface area contributed by atoms with Gasteiger partial charge in [-0.05, 0) is 75.7 Å². The average Bonchev–Trinajstić information content (AvgIpc) is 2.64. The molecule has 1 aromatic carbocycles. The molecular weight excluding hydrogens is 324 g/mol. The Morgan fingerprint density at radius 1 is 1.12 bits per heavy atom. The molecule has 0 aliphatic heterocycles. The Balaban J connectivity index is 1.86. The fraction of sp³-hybridized carbons (Fsp3) is 0.429. The molecule has 2 aromatic rings. The van der Waals surface area contributed by atoms with Gasteiger partial charge in [0.2, 0.25) is 5.91 Å². The highest BCUT2D eigenvalue weighted by Crippen LogP contribution is 2.22. The number of carbonyl (C=O) groups is 1. The predicted molar refractivity (Wildman–Crippen MR) is 109 cm³/mol. The first kappa shape index (κ1) is 19.9. The third kappa shape index (κ3) is 5.85. The lowest BCUT2D eigenvalue weighted by Crippen LogP contribution is -2.31. The lowest BCUT2D eigenvalue weighted by atomic mass is 10.1. The number of anilines is 2. The van der Waals surface area contributed by atoms with Crippen molar-refractivity contribution in [3.8, 4) is 0 Å². The first-order valence-corrected chi connectivity index (χ1v) is 9.26. The normalized spacial score (nSPS) is 10.8. The number of rotatable bonds is 9. The monoisotopic (exact) mass is 354 g/mol. The summed E-state index contributed by atoms with van der Waals surface area (Å²) in [5, 5.41) is 3.03. The Labute approximate surface area is 157 Å². The number of nitrogens with one attached hydrogen (secondary N) is 1. The lowest BCUT2D eigenvalue weighted by Gasteiger charge is -2.22. The van der Waals surface area contributed by atoms with Crippen LogP contribution in [0.1, 0.15) is 25.0 Å². The van der Waals surface area contributed by atoms with Crippen LogP contribution in [-0.2, 0) is 11.2 Å². The summed E-state index contributed by atoms with van der Waals surface area (Å²) in [5.74, 6) is 0.0147. The molecule has 2 rings (SSSR count). The smallest absolute Gasteiger partial charge is 0.238 e. The molecule has 1 N–H and O–H groups in total. The highest BCUT2D eigenvalue weighted by atomic mass is 16.2. The number of pyridine rings is 1. The number of aromatic nitrogens is 1. The van der Waals surface area contributed by atoms with Crippen LogP contribution in [0.25, 0.3) is 0 Å². The maximum atomic E-state index is 12.3. The summed E-state index contributed by atoms with van der Waals surface area (Å²) in [6, 6.07) is 10.2. The number of benzene rings is 1. The molecule has 1 amide bonds. The maximum absolute atomic E-state index is 12.3. The number of carbonyl (C=O) groups excluding carboxylic acids is 1. The summed E-state index contributed by atoms with van der Waals surface area (Å²) >= 11 is 0. The topological polar surface area (TPSA) is 48.5 Å². The largest absolute Gasteiger partial charge is 0.372 e. The molecule has 0 saturated carbocycles. The number of likely N-dealkylation sites (N-methyl/N-ethyl adjacent to an activating group) is 1. The van der Waals surface area contributed by atoms with Crippen molar-refractivity contribution in [1.82, 2.24) is 9.88 Å². The second-order valence-corrected chi connectivity index (χ2v) is 6.56. The van der Waals surface area contributed by atoms with Crippen molar-refractivity contribution in [2.75, 3.05) is 43.4 Å². The van der Waals surface area contributed by atoms with E-state index >= 15 is 0 Å². The maximum Gasteiger partial charge on any atom is 0.238 e. The van der Waals surface area contributed by atoms with Crippen LogP contribution >= 0.6 is 0 Å². The van der Waals surface area contributed by atoms with Gasteiger partial charge in [-0.25, -0.2) is 0 Å². The van der Waals surface area contributed by atoms with Gasteiger partial charge >= 0.3 is 0 Å². The van der Waals surface area contributed by atoms with E-state index in [1.807, 2.05) is 37.1 Å². The molecule has 26 heavy (non-hydrogen) atoms. The zero-order chi connectivity index (χ0) is 18.9. The molecule has 0 unspecified atom stereocenters. The molecule has 5 heteroatoms. The molecular formula is C21H30N4O. The fourth-order valence-electron chi connectivity index (χ4n) is 2.96. The SMILES string of the molecule is CCN(CC)c1ccc(NC(=O)CN(C)CCc2ccncc2)c(C)c1. The molecule has 1 heterocycles. The molecule has 0 radical (unpaired) electrons. The van der Waals surface area contributed by atoms with Gasteiger partial charge in [-0.1, -0.05) is 0 Å². The summed E-state index contributed by atoms with van der Waals surface area (Å²) < 4.78 is 0. The van der Waals surface area contributed by atoms with Crippen LogP contribution in [-0.4, -0.2) is 49.0 Å². The van der Waals surface area contributed by atoms with Gasteiger partial charge in [-0.2, -0.15) is 0 Å².